The minimum absolute atomic E-state index is 0.470. The zero-order chi connectivity index (χ0) is 9.97. The monoisotopic (exact) mass is 210 g/mol. The van der Waals surface area contributed by atoms with E-state index in [1.165, 1.54) is 12.8 Å². The van der Waals surface area contributed by atoms with Gasteiger partial charge in [0.25, 0.3) is 0 Å². The molecule has 0 spiro atoms. The smallest absolute Gasteiger partial charge is 0.191 e. The van der Waals surface area contributed by atoms with Gasteiger partial charge in [0.1, 0.15) is 5.82 Å². The fraction of sp³-hybridized carbons (Fsp3) is 0.556. The van der Waals surface area contributed by atoms with E-state index in [0.29, 0.717) is 12.6 Å². The molecule has 14 heavy (non-hydrogen) atoms. The van der Waals surface area contributed by atoms with Gasteiger partial charge in [-0.15, -0.1) is 16.8 Å². The van der Waals surface area contributed by atoms with Gasteiger partial charge in [0.05, 0.1) is 6.54 Å². The van der Waals surface area contributed by atoms with Crippen LogP contribution in [0, 0.1) is 0 Å². The molecule has 0 atom stereocenters. The summed E-state index contributed by atoms with van der Waals surface area (Å²) in [5.74, 6) is 1.77. The summed E-state index contributed by atoms with van der Waals surface area (Å²) in [6.45, 7) is 4.16. The van der Waals surface area contributed by atoms with E-state index in [0.717, 1.165) is 16.7 Å². The average Bonchev–Trinajstić information content (AvgIpc) is 2.96. The molecule has 1 aromatic heterocycles. The minimum atomic E-state index is 0.470. The van der Waals surface area contributed by atoms with Crippen LogP contribution in [-0.4, -0.2) is 20.5 Å². The Morgan fingerprint density at radius 1 is 1.57 bits per heavy atom. The van der Waals surface area contributed by atoms with Crippen molar-refractivity contribution < 1.29 is 0 Å². The Kier molecular flexibility index (Phi) is 2.88. The summed E-state index contributed by atoms with van der Waals surface area (Å²) < 4.78 is 2.17. The number of hydrogen-bond donors (Lipinski definition) is 1. The Labute approximate surface area is 87.6 Å². The Morgan fingerprint density at radius 3 is 2.93 bits per heavy atom. The summed E-state index contributed by atoms with van der Waals surface area (Å²) in [6, 6.07) is 0.593. The highest BCUT2D eigenvalue weighted by atomic mass is 32.2. The molecule has 0 saturated heterocycles. The number of hydrogen-bond acceptors (Lipinski definition) is 4. The highest BCUT2D eigenvalue weighted by Crippen LogP contribution is 2.38. The van der Waals surface area contributed by atoms with Gasteiger partial charge in [-0.1, -0.05) is 17.8 Å². The Bertz CT molecular complexity index is 330. The maximum atomic E-state index is 5.61. The molecule has 1 aliphatic rings. The minimum Gasteiger partial charge on any atom is -0.324 e. The first kappa shape index (κ1) is 9.73. The highest BCUT2D eigenvalue weighted by Gasteiger charge is 2.28. The number of nitrogens with zero attached hydrogens (tertiary/aromatic N) is 3. The molecule has 1 heterocycles. The van der Waals surface area contributed by atoms with E-state index in [4.69, 9.17) is 5.73 Å². The van der Waals surface area contributed by atoms with Crippen LogP contribution >= 0.6 is 11.8 Å². The normalized spacial score (nSPS) is 15.8. The molecule has 76 valence electrons. The molecule has 1 aromatic rings. The standard InChI is InChI=1S/C9H14N4S/c1-2-5-14-9-12-11-8(6-10)13(9)7-3-4-7/h2,7H,1,3-6,10H2. The van der Waals surface area contributed by atoms with E-state index in [-0.39, 0.29) is 0 Å². The van der Waals surface area contributed by atoms with E-state index in [2.05, 4.69) is 21.3 Å². The highest BCUT2D eigenvalue weighted by molar-refractivity contribution is 7.99. The number of thioether (sulfide) groups is 1. The lowest BCUT2D eigenvalue weighted by atomic mass is 10.5. The Balaban J connectivity index is 2.20. The first-order valence-electron chi connectivity index (χ1n) is 4.74. The molecule has 1 fully saturated rings. The lowest BCUT2D eigenvalue weighted by Crippen LogP contribution is -2.07. The summed E-state index contributed by atoms with van der Waals surface area (Å²) in [5, 5.41) is 9.20. The summed E-state index contributed by atoms with van der Waals surface area (Å²) in [5.41, 5.74) is 5.61. The van der Waals surface area contributed by atoms with Gasteiger partial charge < -0.3 is 10.3 Å². The average molecular weight is 210 g/mol. The predicted octanol–water partition coefficient (Wildman–Crippen LogP) is 1.35. The molecule has 4 nitrogen and oxygen atoms in total. The zero-order valence-electron chi connectivity index (χ0n) is 8.02. The molecule has 2 N–H and O–H groups in total. The molecule has 0 aliphatic heterocycles. The molecule has 0 bridgehead atoms. The fourth-order valence-corrected chi connectivity index (χ4v) is 2.14. The van der Waals surface area contributed by atoms with Gasteiger partial charge in [-0.25, -0.2) is 0 Å². The van der Waals surface area contributed by atoms with Crippen LogP contribution in [0.2, 0.25) is 0 Å². The van der Waals surface area contributed by atoms with Gasteiger partial charge in [-0.3, -0.25) is 0 Å². The quantitative estimate of drug-likeness (QED) is 0.588. The second kappa shape index (κ2) is 4.14. The van der Waals surface area contributed by atoms with Crippen molar-refractivity contribution in [2.75, 3.05) is 5.75 Å². The Hall–Kier alpha value is -0.810. The van der Waals surface area contributed by atoms with Crippen molar-refractivity contribution in [2.45, 2.75) is 30.6 Å². The van der Waals surface area contributed by atoms with Gasteiger partial charge in [0.2, 0.25) is 0 Å². The van der Waals surface area contributed by atoms with Gasteiger partial charge >= 0.3 is 0 Å². The molecule has 0 amide bonds. The van der Waals surface area contributed by atoms with Crippen LogP contribution in [0.3, 0.4) is 0 Å². The predicted molar refractivity (Wildman–Crippen MR) is 57.1 cm³/mol. The van der Waals surface area contributed by atoms with Crippen LogP contribution in [0.15, 0.2) is 17.8 Å². The topological polar surface area (TPSA) is 56.7 Å². The van der Waals surface area contributed by atoms with Crippen LogP contribution in [0.4, 0.5) is 0 Å². The molecule has 0 radical (unpaired) electrons. The summed E-state index contributed by atoms with van der Waals surface area (Å²) in [7, 11) is 0. The first-order valence-corrected chi connectivity index (χ1v) is 5.73. The number of nitrogens with two attached hydrogens (primary N) is 1. The lowest BCUT2D eigenvalue weighted by Gasteiger charge is -2.05. The third-order valence-electron chi connectivity index (χ3n) is 2.16. The SMILES string of the molecule is C=CCSc1nnc(CN)n1C1CC1. The fourth-order valence-electron chi connectivity index (χ4n) is 1.38. The second-order valence-electron chi connectivity index (χ2n) is 3.30. The number of aromatic nitrogens is 3. The van der Waals surface area contributed by atoms with Crippen molar-refractivity contribution in [2.24, 2.45) is 5.73 Å². The first-order chi connectivity index (χ1) is 6.86. The van der Waals surface area contributed by atoms with Crippen molar-refractivity contribution in [3.05, 3.63) is 18.5 Å². The lowest BCUT2D eigenvalue weighted by molar-refractivity contribution is 0.627. The van der Waals surface area contributed by atoms with E-state index in [9.17, 15) is 0 Å². The summed E-state index contributed by atoms with van der Waals surface area (Å²) in [6.07, 6.45) is 4.33. The van der Waals surface area contributed by atoms with Crippen LogP contribution in [0.25, 0.3) is 0 Å². The molecule has 1 saturated carbocycles. The van der Waals surface area contributed by atoms with Gasteiger partial charge in [0.15, 0.2) is 5.16 Å². The van der Waals surface area contributed by atoms with Crippen LogP contribution in [0.1, 0.15) is 24.7 Å². The summed E-state index contributed by atoms with van der Waals surface area (Å²) in [4.78, 5) is 0. The molecule has 0 aromatic carbocycles. The molecule has 1 aliphatic carbocycles. The van der Waals surface area contributed by atoms with Crippen LogP contribution in [-0.2, 0) is 6.54 Å². The largest absolute Gasteiger partial charge is 0.324 e. The van der Waals surface area contributed by atoms with Gasteiger partial charge in [-0.05, 0) is 12.8 Å². The Morgan fingerprint density at radius 2 is 2.36 bits per heavy atom. The van der Waals surface area contributed by atoms with Crippen molar-refractivity contribution in [3.63, 3.8) is 0 Å². The van der Waals surface area contributed by atoms with E-state index >= 15 is 0 Å². The van der Waals surface area contributed by atoms with Crippen molar-refractivity contribution in [1.29, 1.82) is 0 Å². The van der Waals surface area contributed by atoms with Crippen LogP contribution < -0.4 is 5.73 Å². The third-order valence-corrected chi connectivity index (χ3v) is 3.10. The molecular formula is C9H14N4S. The second-order valence-corrected chi connectivity index (χ2v) is 4.29. The van der Waals surface area contributed by atoms with Gasteiger partial charge in [-0.2, -0.15) is 0 Å². The van der Waals surface area contributed by atoms with Crippen molar-refractivity contribution >= 4 is 11.8 Å². The molecular weight excluding hydrogens is 196 g/mol. The molecule has 0 unspecified atom stereocenters. The van der Waals surface area contributed by atoms with Crippen molar-refractivity contribution in [1.82, 2.24) is 14.8 Å². The van der Waals surface area contributed by atoms with Gasteiger partial charge in [0, 0.05) is 11.8 Å². The maximum Gasteiger partial charge on any atom is 0.191 e. The van der Waals surface area contributed by atoms with E-state index < -0.39 is 0 Å². The maximum absolute atomic E-state index is 5.61. The molecule has 2 rings (SSSR count). The number of rotatable bonds is 5. The third kappa shape index (κ3) is 1.83. The zero-order valence-corrected chi connectivity index (χ0v) is 8.83. The van der Waals surface area contributed by atoms with Crippen LogP contribution in [0.5, 0.6) is 0 Å². The summed E-state index contributed by atoms with van der Waals surface area (Å²) >= 11 is 1.67. The van der Waals surface area contributed by atoms with Crippen molar-refractivity contribution in [3.8, 4) is 0 Å². The molecule has 5 heteroatoms. The van der Waals surface area contributed by atoms with E-state index in [1.807, 2.05) is 6.08 Å². The van der Waals surface area contributed by atoms with E-state index in [1.54, 1.807) is 11.8 Å².